The van der Waals surface area contributed by atoms with Crippen LogP contribution in [0, 0.1) is 0 Å². The summed E-state index contributed by atoms with van der Waals surface area (Å²) in [7, 11) is 0. The maximum Gasteiger partial charge on any atom is 0.149 e. The summed E-state index contributed by atoms with van der Waals surface area (Å²) in [4.78, 5) is 8.08. The number of aromatic nitrogens is 2. The number of nitrogens with zero attached hydrogens (tertiary/aromatic N) is 2. The third-order valence-corrected chi connectivity index (χ3v) is 2.87. The van der Waals surface area contributed by atoms with Gasteiger partial charge in [-0.05, 0) is 18.6 Å². The molecule has 0 saturated carbocycles. The summed E-state index contributed by atoms with van der Waals surface area (Å²) < 4.78 is 0. The second kappa shape index (κ2) is 5.34. The van der Waals surface area contributed by atoms with Gasteiger partial charge in [0.05, 0.1) is 18.4 Å². The number of halogens is 2. The molecule has 0 bridgehead atoms. The molecule has 0 aliphatic carbocycles. The van der Waals surface area contributed by atoms with E-state index in [9.17, 15) is 0 Å². The summed E-state index contributed by atoms with van der Waals surface area (Å²) in [6.07, 6.45) is 3.12. The molecule has 2 rings (SSSR count). The number of hydrogen-bond acceptors (Lipinski definition) is 3. The van der Waals surface area contributed by atoms with Gasteiger partial charge in [-0.15, -0.1) is 0 Å². The van der Waals surface area contributed by atoms with Crippen molar-refractivity contribution in [1.82, 2.24) is 9.97 Å². The van der Waals surface area contributed by atoms with Crippen molar-refractivity contribution in [3.63, 3.8) is 0 Å². The molecule has 1 aromatic carbocycles. The number of nitrogens with one attached hydrogen (secondary N) is 1. The summed E-state index contributed by atoms with van der Waals surface area (Å²) in [6, 6.07) is 7.72. The first-order valence-corrected chi connectivity index (χ1v) is 5.91. The molecule has 17 heavy (non-hydrogen) atoms. The molecule has 1 N–H and O–H groups in total. The van der Waals surface area contributed by atoms with Gasteiger partial charge in [0.1, 0.15) is 11.0 Å². The Hall–Kier alpha value is -1.32. The van der Waals surface area contributed by atoms with Gasteiger partial charge < -0.3 is 5.32 Å². The highest BCUT2D eigenvalue weighted by Gasteiger charge is 2.09. The molecule has 1 unspecified atom stereocenters. The van der Waals surface area contributed by atoms with Crippen molar-refractivity contribution in [2.45, 2.75) is 13.0 Å². The van der Waals surface area contributed by atoms with Crippen LogP contribution in [-0.4, -0.2) is 9.97 Å². The van der Waals surface area contributed by atoms with Crippen molar-refractivity contribution in [3.05, 3.63) is 52.4 Å². The van der Waals surface area contributed by atoms with Crippen molar-refractivity contribution in [3.8, 4) is 0 Å². The highest BCUT2D eigenvalue weighted by molar-refractivity contribution is 6.31. The second-order valence-electron chi connectivity index (χ2n) is 3.61. The van der Waals surface area contributed by atoms with Gasteiger partial charge in [-0.3, -0.25) is 4.98 Å². The van der Waals surface area contributed by atoms with Crippen LogP contribution in [0.3, 0.4) is 0 Å². The van der Waals surface area contributed by atoms with E-state index in [-0.39, 0.29) is 6.04 Å². The largest absolute Gasteiger partial charge is 0.362 e. The predicted octanol–water partition coefficient (Wildman–Crippen LogP) is 3.96. The van der Waals surface area contributed by atoms with E-state index in [1.165, 1.54) is 6.20 Å². The van der Waals surface area contributed by atoms with E-state index in [4.69, 9.17) is 23.2 Å². The minimum atomic E-state index is 0.0384. The Balaban J connectivity index is 2.17. The number of anilines is 1. The average molecular weight is 268 g/mol. The molecule has 0 fully saturated rings. The molecule has 1 heterocycles. The van der Waals surface area contributed by atoms with Crippen LogP contribution < -0.4 is 5.32 Å². The van der Waals surface area contributed by atoms with E-state index in [1.54, 1.807) is 6.20 Å². The van der Waals surface area contributed by atoms with Gasteiger partial charge in [0.15, 0.2) is 0 Å². The monoisotopic (exact) mass is 267 g/mol. The summed E-state index contributed by atoms with van der Waals surface area (Å²) in [5, 5.41) is 4.28. The fourth-order valence-corrected chi connectivity index (χ4v) is 1.98. The Labute approximate surface area is 110 Å². The smallest absolute Gasteiger partial charge is 0.149 e. The molecule has 1 aromatic heterocycles. The van der Waals surface area contributed by atoms with Crippen molar-refractivity contribution < 1.29 is 0 Å². The van der Waals surface area contributed by atoms with E-state index >= 15 is 0 Å². The van der Waals surface area contributed by atoms with Crippen LogP contribution in [0.1, 0.15) is 18.5 Å². The van der Waals surface area contributed by atoms with E-state index in [1.807, 2.05) is 31.2 Å². The molecule has 88 valence electrons. The van der Waals surface area contributed by atoms with E-state index in [0.717, 1.165) is 10.6 Å². The van der Waals surface area contributed by atoms with Crippen molar-refractivity contribution in [2.24, 2.45) is 0 Å². The van der Waals surface area contributed by atoms with Crippen molar-refractivity contribution in [1.29, 1.82) is 0 Å². The summed E-state index contributed by atoms with van der Waals surface area (Å²) in [5.74, 6) is 0.630. The van der Waals surface area contributed by atoms with Gasteiger partial charge in [0.2, 0.25) is 0 Å². The molecule has 0 saturated heterocycles. The van der Waals surface area contributed by atoms with Crippen LogP contribution in [0.2, 0.25) is 10.2 Å². The fourth-order valence-electron chi connectivity index (χ4n) is 1.54. The van der Waals surface area contributed by atoms with Crippen molar-refractivity contribution >= 4 is 29.0 Å². The highest BCUT2D eigenvalue weighted by atomic mass is 35.5. The summed E-state index contributed by atoms with van der Waals surface area (Å²) >= 11 is 11.9. The molecular formula is C12H11Cl2N3. The number of hydrogen-bond donors (Lipinski definition) is 1. The first-order valence-electron chi connectivity index (χ1n) is 5.15. The topological polar surface area (TPSA) is 37.8 Å². The lowest BCUT2D eigenvalue weighted by Gasteiger charge is -2.15. The quantitative estimate of drug-likeness (QED) is 0.915. The summed E-state index contributed by atoms with van der Waals surface area (Å²) in [5.41, 5.74) is 1.01. The predicted molar refractivity (Wildman–Crippen MR) is 70.5 cm³/mol. The Morgan fingerprint density at radius 2 is 1.94 bits per heavy atom. The van der Waals surface area contributed by atoms with Gasteiger partial charge in [0, 0.05) is 5.02 Å². The number of benzene rings is 1. The minimum Gasteiger partial charge on any atom is -0.362 e. The molecular weight excluding hydrogens is 257 g/mol. The Kier molecular flexibility index (Phi) is 3.82. The lowest BCUT2D eigenvalue weighted by molar-refractivity contribution is 0.872. The maximum absolute atomic E-state index is 6.11. The van der Waals surface area contributed by atoms with Crippen LogP contribution in [0.5, 0.6) is 0 Å². The molecule has 1 atom stereocenters. The second-order valence-corrected chi connectivity index (χ2v) is 4.41. The van der Waals surface area contributed by atoms with Crippen LogP contribution in [0.15, 0.2) is 36.7 Å². The minimum absolute atomic E-state index is 0.0384. The Morgan fingerprint density at radius 3 is 2.65 bits per heavy atom. The third-order valence-electron chi connectivity index (χ3n) is 2.34. The lowest BCUT2D eigenvalue weighted by Crippen LogP contribution is -2.08. The van der Waals surface area contributed by atoms with Gasteiger partial charge >= 0.3 is 0 Å². The van der Waals surface area contributed by atoms with Gasteiger partial charge in [0.25, 0.3) is 0 Å². The van der Waals surface area contributed by atoms with E-state index < -0.39 is 0 Å². The van der Waals surface area contributed by atoms with Gasteiger partial charge in [-0.1, -0.05) is 41.4 Å². The van der Waals surface area contributed by atoms with Crippen LogP contribution >= 0.6 is 23.2 Å². The molecule has 0 amide bonds. The van der Waals surface area contributed by atoms with Gasteiger partial charge in [-0.2, -0.15) is 0 Å². The molecule has 0 aliphatic rings. The lowest BCUT2D eigenvalue weighted by atomic mass is 10.1. The maximum atomic E-state index is 6.11. The summed E-state index contributed by atoms with van der Waals surface area (Å²) in [6.45, 7) is 2.00. The Bertz CT molecular complexity index is 517. The normalized spacial score (nSPS) is 12.2. The average Bonchev–Trinajstić information content (AvgIpc) is 2.29. The molecule has 0 aliphatic heterocycles. The SMILES string of the molecule is CC(Nc1cncc(Cl)n1)c1ccccc1Cl. The number of rotatable bonds is 3. The first-order chi connectivity index (χ1) is 8.16. The molecule has 5 heteroatoms. The van der Waals surface area contributed by atoms with E-state index in [2.05, 4.69) is 15.3 Å². The molecule has 0 radical (unpaired) electrons. The fraction of sp³-hybridized carbons (Fsp3) is 0.167. The van der Waals surface area contributed by atoms with Gasteiger partial charge in [-0.25, -0.2) is 4.98 Å². The van der Waals surface area contributed by atoms with E-state index in [0.29, 0.717) is 11.0 Å². The highest BCUT2D eigenvalue weighted by Crippen LogP contribution is 2.24. The zero-order chi connectivity index (χ0) is 12.3. The Morgan fingerprint density at radius 1 is 1.18 bits per heavy atom. The van der Waals surface area contributed by atoms with Crippen LogP contribution in [-0.2, 0) is 0 Å². The van der Waals surface area contributed by atoms with Crippen LogP contribution in [0.25, 0.3) is 0 Å². The van der Waals surface area contributed by atoms with Crippen molar-refractivity contribution in [2.75, 3.05) is 5.32 Å². The molecule has 2 aromatic rings. The molecule has 0 spiro atoms. The zero-order valence-electron chi connectivity index (χ0n) is 9.19. The van der Waals surface area contributed by atoms with Crippen LogP contribution in [0.4, 0.5) is 5.82 Å². The zero-order valence-corrected chi connectivity index (χ0v) is 10.7. The standard InChI is InChI=1S/C12H11Cl2N3/c1-8(9-4-2-3-5-10(9)13)16-12-7-15-6-11(14)17-12/h2-8H,1H3,(H,16,17). The first kappa shape index (κ1) is 12.1. The third kappa shape index (κ3) is 3.08. The molecule has 3 nitrogen and oxygen atoms in total.